The van der Waals surface area contributed by atoms with Crippen molar-refractivity contribution in [3.8, 4) is 0 Å². The summed E-state index contributed by atoms with van der Waals surface area (Å²) in [6.07, 6.45) is 41.4. The van der Waals surface area contributed by atoms with Gasteiger partial charge in [0.2, 0.25) is 5.91 Å². The lowest BCUT2D eigenvalue weighted by Gasteiger charge is -2.18. The monoisotopic (exact) mass is 798 g/mol. The van der Waals surface area contributed by atoms with Crippen LogP contribution in [0.15, 0.2) is 48.6 Å². The Hall–Kier alpha value is -2.56. The topological polar surface area (TPSA) is 169 Å². The van der Waals surface area contributed by atoms with Gasteiger partial charge < -0.3 is 25.2 Å². The molecule has 0 spiro atoms. The third-order valence-electron chi connectivity index (χ3n) is 8.88. The largest absolute Gasteiger partial charge is 0.480 e. The molecule has 0 aliphatic rings. The fourth-order valence-electron chi connectivity index (χ4n) is 5.60. The zero-order chi connectivity index (χ0) is 40.7. The Morgan fingerprint density at radius 1 is 0.600 bits per heavy atom. The molecular formula is C43H76NO10P. The third-order valence-corrected chi connectivity index (χ3v) is 9.83. The van der Waals surface area contributed by atoms with Gasteiger partial charge in [-0.05, 0) is 51.4 Å². The second-order valence-corrected chi connectivity index (χ2v) is 15.6. The number of ether oxygens (including phenoxy) is 1. The van der Waals surface area contributed by atoms with Gasteiger partial charge in [0, 0.05) is 12.8 Å². The SMILES string of the molecule is CC/C=C\C/C=C\C/C=C\C/C=C\CCCCC(=O)NC(COP(=O)(O)OCC(O)COC(=O)CCCCCCCCCCCCCCCCCC)C(=O)O. The van der Waals surface area contributed by atoms with Crippen LogP contribution in [0.4, 0.5) is 0 Å². The van der Waals surface area contributed by atoms with Crippen LogP contribution in [-0.4, -0.2) is 64.9 Å². The molecule has 55 heavy (non-hydrogen) atoms. The van der Waals surface area contributed by atoms with Gasteiger partial charge in [0.05, 0.1) is 13.2 Å². The Kier molecular flexibility index (Phi) is 36.5. The molecule has 0 aromatic rings. The van der Waals surface area contributed by atoms with Gasteiger partial charge in [0.25, 0.3) is 0 Å². The van der Waals surface area contributed by atoms with E-state index in [1.807, 2.05) is 6.08 Å². The number of phosphoric ester groups is 1. The van der Waals surface area contributed by atoms with Gasteiger partial charge in [-0.1, -0.05) is 159 Å². The van der Waals surface area contributed by atoms with Crippen molar-refractivity contribution >= 4 is 25.7 Å². The van der Waals surface area contributed by atoms with Crippen molar-refractivity contribution in [1.29, 1.82) is 0 Å². The van der Waals surface area contributed by atoms with Crippen molar-refractivity contribution < 1.29 is 47.8 Å². The smallest absolute Gasteiger partial charge is 0.472 e. The first-order chi connectivity index (χ1) is 26.6. The molecule has 0 aliphatic heterocycles. The second-order valence-electron chi connectivity index (χ2n) is 14.2. The van der Waals surface area contributed by atoms with E-state index in [4.69, 9.17) is 13.8 Å². The van der Waals surface area contributed by atoms with E-state index in [9.17, 15) is 34.1 Å². The zero-order valence-electron chi connectivity index (χ0n) is 34.2. The van der Waals surface area contributed by atoms with E-state index in [2.05, 4.69) is 61.7 Å². The molecule has 0 bridgehead atoms. The summed E-state index contributed by atoms with van der Waals surface area (Å²) in [5.41, 5.74) is 0. The first-order valence-corrected chi connectivity index (χ1v) is 22.7. The highest BCUT2D eigenvalue weighted by Crippen LogP contribution is 2.43. The molecule has 0 fully saturated rings. The van der Waals surface area contributed by atoms with Crippen molar-refractivity contribution in [3.63, 3.8) is 0 Å². The molecule has 318 valence electrons. The minimum Gasteiger partial charge on any atom is -0.480 e. The minimum atomic E-state index is -4.76. The van der Waals surface area contributed by atoms with Crippen LogP contribution in [0.1, 0.15) is 174 Å². The molecule has 0 saturated carbocycles. The van der Waals surface area contributed by atoms with Gasteiger partial charge in [0.15, 0.2) is 6.04 Å². The number of nitrogens with one attached hydrogen (secondary N) is 1. The van der Waals surface area contributed by atoms with Gasteiger partial charge in [-0.2, -0.15) is 0 Å². The first kappa shape index (κ1) is 52.4. The Morgan fingerprint density at radius 3 is 1.56 bits per heavy atom. The van der Waals surface area contributed by atoms with E-state index >= 15 is 0 Å². The summed E-state index contributed by atoms with van der Waals surface area (Å²) in [5, 5.41) is 21.8. The molecule has 0 heterocycles. The molecule has 12 heteroatoms. The van der Waals surface area contributed by atoms with Crippen molar-refractivity contribution in [2.75, 3.05) is 19.8 Å². The number of aliphatic carboxylic acids is 1. The predicted octanol–water partition coefficient (Wildman–Crippen LogP) is 10.6. The summed E-state index contributed by atoms with van der Waals surface area (Å²) in [4.78, 5) is 45.8. The fourth-order valence-corrected chi connectivity index (χ4v) is 6.37. The number of amides is 1. The molecule has 0 aromatic carbocycles. The quantitative estimate of drug-likeness (QED) is 0.0203. The lowest BCUT2D eigenvalue weighted by molar-refractivity contribution is -0.147. The number of carboxylic acid groups (broad SMARTS) is 1. The number of allylic oxidation sites excluding steroid dienone is 8. The molecule has 4 N–H and O–H groups in total. The molecule has 0 aliphatic carbocycles. The number of carbonyl (C=O) groups excluding carboxylic acids is 2. The van der Waals surface area contributed by atoms with E-state index < -0.39 is 57.6 Å². The number of hydrogen-bond donors (Lipinski definition) is 4. The normalized spacial score (nSPS) is 14.3. The number of esters is 1. The number of aliphatic hydroxyl groups is 1. The van der Waals surface area contributed by atoms with Gasteiger partial charge in [-0.25, -0.2) is 9.36 Å². The fraction of sp³-hybridized carbons (Fsp3) is 0.744. The minimum absolute atomic E-state index is 0.0922. The third kappa shape index (κ3) is 38.1. The number of unbranched alkanes of at least 4 members (excludes halogenated alkanes) is 17. The number of hydrogen-bond acceptors (Lipinski definition) is 8. The summed E-state index contributed by atoms with van der Waals surface area (Å²) < 4.78 is 26.8. The highest BCUT2D eigenvalue weighted by Gasteiger charge is 2.28. The average molecular weight is 798 g/mol. The van der Waals surface area contributed by atoms with Crippen LogP contribution >= 0.6 is 7.82 Å². The summed E-state index contributed by atoms with van der Waals surface area (Å²) in [6, 6.07) is -1.57. The number of aliphatic hydroxyl groups excluding tert-OH is 1. The lowest BCUT2D eigenvalue weighted by Crippen LogP contribution is -2.43. The van der Waals surface area contributed by atoms with E-state index in [1.165, 1.54) is 77.0 Å². The number of phosphoric acid groups is 1. The van der Waals surface area contributed by atoms with Crippen molar-refractivity contribution in [2.24, 2.45) is 0 Å². The Labute approximate surface area is 333 Å². The van der Waals surface area contributed by atoms with E-state index in [-0.39, 0.29) is 12.8 Å². The maximum atomic E-state index is 12.3. The van der Waals surface area contributed by atoms with Crippen LogP contribution in [0.3, 0.4) is 0 Å². The molecule has 1 amide bonds. The van der Waals surface area contributed by atoms with Crippen LogP contribution in [0, 0.1) is 0 Å². The second kappa shape index (κ2) is 38.3. The maximum Gasteiger partial charge on any atom is 0.472 e. The molecule has 3 atom stereocenters. The van der Waals surface area contributed by atoms with Crippen molar-refractivity contribution in [2.45, 2.75) is 187 Å². The number of rotatable bonds is 39. The number of carboxylic acids is 1. The number of carbonyl (C=O) groups is 3. The Morgan fingerprint density at radius 2 is 1.05 bits per heavy atom. The first-order valence-electron chi connectivity index (χ1n) is 21.2. The van der Waals surface area contributed by atoms with E-state index in [1.54, 1.807) is 0 Å². The van der Waals surface area contributed by atoms with Crippen LogP contribution in [-0.2, 0) is 32.7 Å². The summed E-state index contributed by atoms with van der Waals surface area (Å²) in [6.45, 7) is 2.44. The van der Waals surface area contributed by atoms with Gasteiger partial charge >= 0.3 is 19.8 Å². The molecule has 11 nitrogen and oxygen atoms in total. The van der Waals surface area contributed by atoms with Crippen molar-refractivity contribution in [3.05, 3.63) is 48.6 Å². The maximum absolute atomic E-state index is 12.3. The Balaban J connectivity index is 3.96. The summed E-state index contributed by atoms with van der Waals surface area (Å²) in [5.74, 6) is -2.43. The van der Waals surface area contributed by atoms with Crippen LogP contribution in [0.2, 0.25) is 0 Å². The highest BCUT2D eigenvalue weighted by molar-refractivity contribution is 7.47. The molecule has 0 rings (SSSR count). The van der Waals surface area contributed by atoms with Crippen LogP contribution < -0.4 is 5.32 Å². The van der Waals surface area contributed by atoms with Gasteiger partial charge in [-0.15, -0.1) is 0 Å². The molecule has 0 saturated heterocycles. The summed E-state index contributed by atoms with van der Waals surface area (Å²) in [7, 11) is -4.76. The standard InChI is InChI=1S/C43H76NO10P/c1-3-5-7-9-11-13-15-17-19-21-23-25-27-29-31-33-35-42(47)52-36-39(45)37-53-55(50,51)54-38-40(43(48)49)44-41(46)34-32-30-28-26-24-22-20-18-16-14-12-10-8-6-4-2/h6,8,12,14,18,20,24,26,39-40,45H,3-5,7,9-11,13,15-17,19,21-23,25,27-38H2,1-2H3,(H,44,46)(H,48,49)(H,50,51)/b8-6-,14-12-,20-18-,26-24-. The van der Waals surface area contributed by atoms with Gasteiger partial charge in [-0.3, -0.25) is 18.6 Å². The van der Waals surface area contributed by atoms with Crippen LogP contribution in [0.5, 0.6) is 0 Å². The predicted molar refractivity (Wildman–Crippen MR) is 222 cm³/mol. The average Bonchev–Trinajstić information content (AvgIpc) is 3.16. The molecule has 0 radical (unpaired) electrons. The van der Waals surface area contributed by atoms with Crippen molar-refractivity contribution in [1.82, 2.24) is 5.32 Å². The molecule has 3 unspecified atom stereocenters. The molecule has 0 aromatic heterocycles. The molecular weight excluding hydrogens is 721 g/mol. The Bertz CT molecular complexity index is 1120. The lowest BCUT2D eigenvalue weighted by atomic mass is 10.0. The summed E-state index contributed by atoms with van der Waals surface area (Å²) >= 11 is 0. The van der Waals surface area contributed by atoms with Gasteiger partial charge in [0.1, 0.15) is 12.7 Å². The highest BCUT2D eigenvalue weighted by atomic mass is 31.2. The van der Waals surface area contributed by atoms with Crippen LogP contribution in [0.25, 0.3) is 0 Å². The van der Waals surface area contributed by atoms with E-state index in [0.29, 0.717) is 12.8 Å². The van der Waals surface area contributed by atoms with E-state index in [0.717, 1.165) is 57.8 Å². The zero-order valence-corrected chi connectivity index (χ0v) is 35.1.